The highest BCUT2D eigenvalue weighted by Crippen LogP contribution is 2.73. The fourth-order valence-electron chi connectivity index (χ4n) is 9.45. The van der Waals surface area contributed by atoms with E-state index in [1.165, 1.54) is 32.6 Å². The van der Waals surface area contributed by atoms with Crippen LogP contribution in [0.4, 0.5) is 0 Å². The Bertz CT molecular complexity index is 812. The van der Waals surface area contributed by atoms with E-state index in [0.29, 0.717) is 22.8 Å². The van der Waals surface area contributed by atoms with Crippen LogP contribution in [0, 0.1) is 45.3 Å². The van der Waals surface area contributed by atoms with E-state index >= 15 is 0 Å². The van der Waals surface area contributed by atoms with Gasteiger partial charge in [0, 0.05) is 12.3 Å². The Kier molecular flexibility index (Phi) is 5.34. The van der Waals surface area contributed by atoms with Crippen molar-refractivity contribution in [3.63, 3.8) is 0 Å². The molecule has 0 unspecified atom stereocenters. The summed E-state index contributed by atoms with van der Waals surface area (Å²) in [5.74, 6) is 0.519. The lowest BCUT2D eigenvalue weighted by molar-refractivity contribution is -0.238. The van der Waals surface area contributed by atoms with Crippen LogP contribution in [0.1, 0.15) is 86.5 Å². The summed E-state index contributed by atoms with van der Waals surface area (Å²) in [5, 5.41) is 0. The quantitative estimate of drug-likeness (QED) is 0.437. The second kappa shape index (κ2) is 7.28. The summed E-state index contributed by atoms with van der Waals surface area (Å²) >= 11 is 0. The Balaban J connectivity index is 1.85. The fraction of sp³-hybridized carbons (Fsp3) is 0.815. The van der Waals surface area contributed by atoms with Crippen LogP contribution in [-0.2, 0) is 19.1 Å². The predicted octanol–water partition coefficient (Wildman–Crippen LogP) is 5.54. The molecular formula is C27H40O4. The highest BCUT2D eigenvalue weighted by Gasteiger charge is 2.68. The van der Waals surface area contributed by atoms with Crippen molar-refractivity contribution in [2.24, 2.45) is 45.3 Å². The first-order valence-electron chi connectivity index (χ1n) is 12.2. The summed E-state index contributed by atoms with van der Waals surface area (Å²) in [5.41, 5.74) is 0.619. The highest BCUT2D eigenvalue weighted by atomic mass is 16.5. The maximum Gasteiger partial charge on any atom is 0.302 e. The number of carbonyl (C=O) groups is 3. The molecule has 0 aromatic heterocycles. The number of aldehydes is 2. The maximum atomic E-state index is 12.3. The molecule has 4 nitrogen and oxygen atoms in total. The number of hydrogen-bond acceptors (Lipinski definition) is 4. The number of carbonyl (C=O) groups excluding carboxylic acids is 3. The van der Waals surface area contributed by atoms with Gasteiger partial charge in [-0.05, 0) is 78.1 Å². The van der Waals surface area contributed by atoms with Crippen LogP contribution in [0.25, 0.3) is 0 Å². The van der Waals surface area contributed by atoms with E-state index in [9.17, 15) is 14.4 Å². The predicted molar refractivity (Wildman–Crippen MR) is 120 cm³/mol. The Morgan fingerprint density at radius 2 is 1.68 bits per heavy atom. The lowest BCUT2D eigenvalue weighted by Gasteiger charge is -2.70. The third-order valence-electron chi connectivity index (χ3n) is 10.7. The highest BCUT2D eigenvalue weighted by molar-refractivity contribution is 5.82. The van der Waals surface area contributed by atoms with Gasteiger partial charge in [-0.3, -0.25) is 9.59 Å². The normalized spacial score (nSPS) is 48.3. The molecule has 0 aromatic carbocycles. The van der Waals surface area contributed by atoms with Crippen LogP contribution in [0.2, 0.25) is 0 Å². The van der Waals surface area contributed by atoms with Gasteiger partial charge in [-0.1, -0.05) is 47.1 Å². The first-order valence-corrected chi connectivity index (χ1v) is 12.2. The molecule has 0 saturated heterocycles. The lowest BCUT2D eigenvalue weighted by Crippen LogP contribution is -2.67. The summed E-state index contributed by atoms with van der Waals surface area (Å²) in [6.07, 6.45) is 11.1. The Morgan fingerprint density at radius 1 is 1.00 bits per heavy atom. The summed E-state index contributed by atoms with van der Waals surface area (Å²) in [7, 11) is 0. The molecule has 0 aliphatic heterocycles. The van der Waals surface area contributed by atoms with Gasteiger partial charge in [-0.15, -0.1) is 0 Å². The molecule has 4 heteroatoms. The van der Waals surface area contributed by atoms with Gasteiger partial charge < -0.3 is 9.53 Å². The van der Waals surface area contributed by atoms with E-state index in [-0.39, 0.29) is 28.8 Å². The Hall–Kier alpha value is -1.45. The lowest BCUT2D eigenvalue weighted by atomic mass is 9.35. The third kappa shape index (κ3) is 3.03. The summed E-state index contributed by atoms with van der Waals surface area (Å²) in [6, 6.07) is 0. The fourth-order valence-corrected chi connectivity index (χ4v) is 9.45. The van der Waals surface area contributed by atoms with Crippen LogP contribution in [0.15, 0.2) is 11.6 Å². The standard InChI is InChI=1S/C27H40O4/c1-17(30)31-23-14-22-25(4)12-7-11-24(2,3)20(25)10-13-26(22,5)21-9-8-18(15-28)19(16-29)27(21,23)6/h8,15-16,19-23H,7,9-14H2,1-6H3/t19-,20+,21+,22+,23+,25+,26+,27+/m0/s1. The molecule has 3 saturated carbocycles. The van der Waals surface area contributed by atoms with E-state index in [1.54, 1.807) is 0 Å². The van der Waals surface area contributed by atoms with E-state index in [2.05, 4.69) is 34.6 Å². The minimum atomic E-state index is -0.545. The van der Waals surface area contributed by atoms with Crippen molar-refractivity contribution < 1.29 is 19.1 Å². The molecule has 0 bridgehead atoms. The van der Waals surface area contributed by atoms with E-state index in [1.807, 2.05) is 6.08 Å². The Labute approximate surface area is 187 Å². The third-order valence-corrected chi connectivity index (χ3v) is 10.7. The second-order valence-corrected chi connectivity index (χ2v) is 12.4. The Morgan fingerprint density at radius 3 is 2.29 bits per heavy atom. The average molecular weight is 429 g/mol. The van der Waals surface area contributed by atoms with Crippen LogP contribution >= 0.6 is 0 Å². The molecule has 172 valence electrons. The number of fused-ring (bicyclic) bond motifs is 5. The van der Waals surface area contributed by atoms with Gasteiger partial charge >= 0.3 is 5.97 Å². The summed E-state index contributed by atoms with van der Waals surface area (Å²) in [6.45, 7) is 13.4. The van der Waals surface area contributed by atoms with Crippen molar-refractivity contribution in [3.05, 3.63) is 11.6 Å². The van der Waals surface area contributed by atoms with Crippen LogP contribution in [-0.4, -0.2) is 24.6 Å². The summed E-state index contributed by atoms with van der Waals surface area (Å²) < 4.78 is 6.02. The first-order chi connectivity index (χ1) is 14.4. The van der Waals surface area contributed by atoms with Gasteiger partial charge in [0.05, 0.1) is 5.92 Å². The van der Waals surface area contributed by atoms with Crippen molar-refractivity contribution in [2.75, 3.05) is 0 Å². The molecule has 0 spiro atoms. The smallest absolute Gasteiger partial charge is 0.302 e. The molecule has 0 radical (unpaired) electrons. The van der Waals surface area contributed by atoms with Crippen LogP contribution < -0.4 is 0 Å². The topological polar surface area (TPSA) is 60.4 Å². The second-order valence-electron chi connectivity index (χ2n) is 12.4. The zero-order valence-corrected chi connectivity index (χ0v) is 20.2. The number of ether oxygens (including phenoxy) is 1. The van der Waals surface area contributed by atoms with E-state index in [4.69, 9.17) is 4.74 Å². The van der Waals surface area contributed by atoms with Crippen molar-refractivity contribution in [3.8, 4) is 0 Å². The van der Waals surface area contributed by atoms with E-state index in [0.717, 1.165) is 31.8 Å². The number of hydrogen-bond donors (Lipinski definition) is 0. The molecule has 3 fully saturated rings. The molecule has 4 aliphatic carbocycles. The monoisotopic (exact) mass is 428 g/mol. The maximum absolute atomic E-state index is 12.3. The molecule has 4 aliphatic rings. The van der Waals surface area contributed by atoms with Gasteiger partial charge in [-0.2, -0.15) is 0 Å². The minimum Gasteiger partial charge on any atom is -0.462 e. The first kappa shape index (κ1) is 22.7. The van der Waals surface area contributed by atoms with Gasteiger partial charge in [-0.25, -0.2) is 0 Å². The molecule has 0 aromatic rings. The van der Waals surface area contributed by atoms with Crippen molar-refractivity contribution in [2.45, 2.75) is 92.6 Å². The zero-order chi connectivity index (χ0) is 22.8. The van der Waals surface area contributed by atoms with Crippen LogP contribution in [0.3, 0.4) is 0 Å². The van der Waals surface area contributed by atoms with E-state index < -0.39 is 11.3 Å². The largest absolute Gasteiger partial charge is 0.462 e. The van der Waals surface area contributed by atoms with Gasteiger partial charge in [0.2, 0.25) is 0 Å². The molecule has 31 heavy (non-hydrogen) atoms. The van der Waals surface area contributed by atoms with Gasteiger partial charge in [0.25, 0.3) is 0 Å². The van der Waals surface area contributed by atoms with Crippen LogP contribution in [0.5, 0.6) is 0 Å². The zero-order valence-electron chi connectivity index (χ0n) is 20.2. The molecule has 0 N–H and O–H groups in total. The van der Waals surface area contributed by atoms with Crippen molar-refractivity contribution in [1.29, 1.82) is 0 Å². The van der Waals surface area contributed by atoms with Gasteiger partial charge in [0.15, 0.2) is 0 Å². The minimum absolute atomic E-state index is 0.0657. The molecule has 0 heterocycles. The molecule has 8 atom stereocenters. The number of allylic oxidation sites excluding steroid dienone is 2. The van der Waals surface area contributed by atoms with Crippen molar-refractivity contribution in [1.82, 2.24) is 0 Å². The van der Waals surface area contributed by atoms with Gasteiger partial charge in [0.1, 0.15) is 18.7 Å². The van der Waals surface area contributed by atoms with Crippen molar-refractivity contribution >= 4 is 18.5 Å². The average Bonchev–Trinajstić information content (AvgIpc) is 2.67. The number of esters is 1. The molecule has 4 rings (SSSR count). The molecular weight excluding hydrogens is 388 g/mol. The summed E-state index contributed by atoms with van der Waals surface area (Å²) in [4.78, 5) is 36.3. The number of rotatable bonds is 3. The SMILES string of the molecule is CC(=O)O[C@@H]1C[C@@H]2[C@]3(C)CCCC(C)(C)[C@H]3CC[C@]2(C)[C@H]2CC=C(C=O)[C@H](C=O)[C@]21C. The molecule has 0 amide bonds.